The monoisotopic (exact) mass is 396 g/mol. The van der Waals surface area contributed by atoms with E-state index in [2.05, 4.69) is 20.0 Å². The molecule has 1 aromatic carbocycles. The molecule has 1 aliphatic rings. The summed E-state index contributed by atoms with van der Waals surface area (Å²) in [6.07, 6.45) is 1.65. The molecule has 1 amide bonds. The second-order valence-corrected chi connectivity index (χ2v) is 6.71. The van der Waals surface area contributed by atoms with Crippen molar-refractivity contribution in [3.8, 4) is 5.75 Å². The molecule has 2 aromatic rings. The molecule has 2 N–H and O–H groups in total. The Morgan fingerprint density at radius 1 is 1.32 bits per heavy atom. The highest BCUT2D eigenvalue weighted by atomic mass is 19.3. The molecule has 1 atom stereocenters. The van der Waals surface area contributed by atoms with E-state index in [0.29, 0.717) is 5.56 Å². The van der Waals surface area contributed by atoms with E-state index in [9.17, 15) is 22.8 Å². The zero-order chi connectivity index (χ0) is 20.4. The third kappa shape index (κ3) is 4.62. The molecule has 1 unspecified atom stereocenters. The Morgan fingerprint density at radius 3 is 2.61 bits per heavy atom. The number of anilines is 1. The van der Waals surface area contributed by atoms with Crippen molar-refractivity contribution in [2.45, 2.75) is 25.5 Å². The third-order valence-corrected chi connectivity index (χ3v) is 4.30. The van der Waals surface area contributed by atoms with Gasteiger partial charge in [-0.15, -0.1) is 0 Å². The normalized spacial score (nSPS) is 14.6. The number of H-pyrrole nitrogens is 1. The minimum absolute atomic E-state index is 0.0729. The van der Waals surface area contributed by atoms with Crippen LogP contribution < -0.4 is 20.5 Å². The molecule has 0 aliphatic heterocycles. The lowest BCUT2D eigenvalue weighted by Crippen LogP contribution is -2.32. The molecular weight excluding hydrogens is 377 g/mol. The smallest absolute Gasteiger partial charge is 0.387 e. The molecule has 7 nitrogen and oxygen atoms in total. The SMILES string of the molecule is CN(C)c1nc(C(=O)NC(c2ccc(OC(F)F)c(F)c2)C2CC2)cc(=O)[nH]1. The summed E-state index contributed by atoms with van der Waals surface area (Å²) in [6, 6.07) is 4.14. The van der Waals surface area contributed by atoms with Crippen molar-refractivity contribution in [3.63, 3.8) is 0 Å². The van der Waals surface area contributed by atoms with Gasteiger partial charge >= 0.3 is 6.61 Å². The number of hydrogen-bond acceptors (Lipinski definition) is 5. The van der Waals surface area contributed by atoms with Gasteiger partial charge in [0.05, 0.1) is 6.04 Å². The van der Waals surface area contributed by atoms with E-state index in [1.807, 2.05) is 0 Å². The van der Waals surface area contributed by atoms with E-state index in [1.165, 1.54) is 6.07 Å². The van der Waals surface area contributed by atoms with Crippen LogP contribution in [0, 0.1) is 11.7 Å². The van der Waals surface area contributed by atoms with Crippen LogP contribution >= 0.6 is 0 Å². The highest BCUT2D eigenvalue weighted by molar-refractivity contribution is 5.92. The van der Waals surface area contributed by atoms with E-state index < -0.39 is 35.7 Å². The summed E-state index contributed by atoms with van der Waals surface area (Å²) < 4.78 is 42.8. The lowest BCUT2D eigenvalue weighted by Gasteiger charge is -2.20. The van der Waals surface area contributed by atoms with Crippen LogP contribution in [-0.2, 0) is 0 Å². The minimum Gasteiger partial charge on any atom is -0.432 e. The van der Waals surface area contributed by atoms with Crippen molar-refractivity contribution in [2.24, 2.45) is 5.92 Å². The van der Waals surface area contributed by atoms with Gasteiger partial charge in [0.25, 0.3) is 11.5 Å². The summed E-state index contributed by atoms with van der Waals surface area (Å²) in [5.74, 6) is -1.78. The molecule has 1 fully saturated rings. The van der Waals surface area contributed by atoms with E-state index in [4.69, 9.17) is 0 Å². The van der Waals surface area contributed by atoms with Gasteiger partial charge in [0, 0.05) is 20.2 Å². The lowest BCUT2D eigenvalue weighted by molar-refractivity contribution is -0.0522. The summed E-state index contributed by atoms with van der Waals surface area (Å²) in [6.45, 7) is -3.13. The number of benzene rings is 1. The van der Waals surface area contributed by atoms with Crippen LogP contribution in [-0.4, -0.2) is 36.6 Å². The van der Waals surface area contributed by atoms with Crippen LogP contribution in [0.1, 0.15) is 34.9 Å². The van der Waals surface area contributed by atoms with Gasteiger partial charge in [0.2, 0.25) is 5.95 Å². The van der Waals surface area contributed by atoms with Crippen LogP contribution in [0.25, 0.3) is 0 Å². The van der Waals surface area contributed by atoms with Gasteiger partial charge in [-0.3, -0.25) is 14.6 Å². The zero-order valence-corrected chi connectivity index (χ0v) is 15.2. The van der Waals surface area contributed by atoms with Crippen molar-refractivity contribution >= 4 is 11.9 Å². The Morgan fingerprint density at radius 2 is 2.04 bits per heavy atom. The number of rotatable bonds is 7. The maximum Gasteiger partial charge on any atom is 0.387 e. The van der Waals surface area contributed by atoms with E-state index in [-0.39, 0.29) is 17.6 Å². The number of ether oxygens (including phenoxy) is 1. The fourth-order valence-corrected chi connectivity index (χ4v) is 2.79. The number of amides is 1. The summed E-state index contributed by atoms with van der Waals surface area (Å²) >= 11 is 0. The first kappa shape index (κ1) is 19.7. The first-order valence-electron chi connectivity index (χ1n) is 8.58. The molecule has 0 bridgehead atoms. The van der Waals surface area contributed by atoms with Gasteiger partial charge in [0.15, 0.2) is 11.6 Å². The van der Waals surface area contributed by atoms with Gasteiger partial charge in [-0.05, 0) is 36.5 Å². The second-order valence-electron chi connectivity index (χ2n) is 6.71. The zero-order valence-electron chi connectivity index (χ0n) is 15.2. The number of hydrogen-bond donors (Lipinski definition) is 2. The molecule has 3 rings (SSSR count). The maximum atomic E-state index is 14.1. The van der Waals surface area contributed by atoms with Gasteiger partial charge in [-0.2, -0.15) is 8.78 Å². The van der Waals surface area contributed by atoms with E-state index >= 15 is 0 Å². The average Bonchev–Trinajstić information content (AvgIpc) is 3.45. The molecule has 150 valence electrons. The molecule has 1 heterocycles. The van der Waals surface area contributed by atoms with Crippen LogP contribution in [0.2, 0.25) is 0 Å². The highest BCUT2D eigenvalue weighted by Gasteiger charge is 2.34. The fourth-order valence-electron chi connectivity index (χ4n) is 2.79. The van der Waals surface area contributed by atoms with Crippen LogP contribution in [0.3, 0.4) is 0 Å². The number of carbonyl (C=O) groups excluding carboxylic acids is 1. The van der Waals surface area contributed by atoms with Gasteiger partial charge in [-0.1, -0.05) is 6.07 Å². The molecule has 1 aromatic heterocycles. The summed E-state index contributed by atoms with van der Waals surface area (Å²) in [4.78, 5) is 32.5. The summed E-state index contributed by atoms with van der Waals surface area (Å²) in [5, 5.41) is 2.76. The Labute approximate surface area is 158 Å². The number of carbonyl (C=O) groups is 1. The Hall–Kier alpha value is -3.04. The molecule has 1 saturated carbocycles. The number of nitrogens with one attached hydrogen (secondary N) is 2. The predicted octanol–water partition coefficient (Wildman–Crippen LogP) is 2.46. The van der Waals surface area contributed by atoms with Gasteiger partial charge in [-0.25, -0.2) is 9.37 Å². The van der Waals surface area contributed by atoms with E-state index in [1.54, 1.807) is 19.0 Å². The highest BCUT2D eigenvalue weighted by Crippen LogP contribution is 2.41. The van der Waals surface area contributed by atoms with Crippen molar-refractivity contribution < 1.29 is 22.7 Å². The van der Waals surface area contributed by atoms with Crippen molar-refractivity contribution in [1.29, 1.82) is 0 Å². The molecule has 28 heavy (non-hydrogen) atoms. The fraction of sp³-hybridized carbons (Fsp3) is 0.389. The Balaban J connectivity index is 1.83. The summed E-state index contributed by atoms with van der Waals surface area (Å²) in [7, 11) is 3.33. The lowest BCUT2D eigenvalue weighted by atomic mass is 10.0. The Kier molecular flexibility index (Phi) is 5.57. The quantitative estimate of drug-likeness (QED) is 0.751. The van der Waals surface area contributed by atoms with E-state index in [0.717, 1.165) is 31.0 Å². The third-order valence-electron chi connectivity index (χ3n) is 4.30. The van der Waals surface area contributed by atoms with Gasteiger partial charge < -0.3 is 15.0 Å². The first-order chi connectivity index (χ1) is 13.2. The average molecular weight is 396 g/mol. The standard InChI is InChI=1S/C18H19F3N4O3/c1-25(2)18-22-12(8-14(26)23-18)16(27)24-15(9-3-4-9)10-5-6-13(11(19)7-10)28-17(20)21/h5-9,15,17H,3-4H2,1-2H3,(H,24,27)(H,22,23,26). The number of aromatic amines is 1. The molecule has 0 spiro atoms. The van der Waals surface area contributed by atoms with Crippen LogP contribution in [0.4, 0.5) is 19.1 Å². The molecule has 10 heteroatoms. The first-order valence-corrected chi connectivity index (χ1v) is 8.58. The number of halogens is 3. The van der Waals surface area contributed by atoms with Crippen LogP contribution in [0.15, 0.2) is 29.1 Å². The molecular formula is C18H19F3N4O3. The maximum absolute atomic E-state index is 14.1. The molecule has 0 radical (unpaired) electrons. The number of alkyl halides is 2. The van der Waals surface area contributed by atoms with Crippen molar-refractivity contribution in [3.05, 3.63) is 51.7 Å². The van der Waals surface area contributed by atoms with Crippen molar-refractivity contribution in [2.75, 3.05) is 19.0 Å². The minimum atomic E-state index is -3.13. The van der Waals surface area contributed by atoms with Crippen LogP contribution in [0.5, 0.6) is 5.75 Å². The predicted molar refractivity (Wildman–Crippen MR) is 95.1 cm³/mol. The van der Waals surface area contributed by atoms with Crippen molar-refractivity contribution in [1.82, 2.24) is 15.3 Å². The Bertz CT molecular complexity index is 929. The number of aromatic nitrogens is 2. The second kappa shape index (κ2) is 7.91. The number of nitrogens with zero attached hydrogens (tertiary/aromatic N) is 2. The molecule has 0 saturated heterocycles. The summed E-state index contributed by atoms with van der Waals surface area (Å²) in [5.41, 5.74) is -0.129. The molecule has 1 aliphatic carbocycles. The van der Waals surface area contributed by atoms with Gasteiger partial charge in [0.1, 0.15) is 5.69 Å². The topological polar surface area (TPSA) is 87.3 Å². The largest absolute Gasteiger partial charge is 0.432 e.